The fourth-order valence-corrected chi connectivity index (χ4v) is 2.56. The Labute approximate surface area is 128 Å². The highest BCUT2D eigenvalue weighted by Crippen LogP contribution is 2.21. The van der Waals surface area contributed by atoms with Crippen molar-refractivity contribution in [1.82, 2.24) is 4.98 Å². The van der Waals surface area contributed by atoms with Crippen molar-refractivity contribution < 1.29 is 9.53 Å². The Morgan fingerprint density at radius 1 is 1.29 bits per heavy atom. The average molecular weight is 305 g/mol. The van der Waals surface area contributed by atoms with Gasteiger partial charge >= 0.3 is 0 Å². The van der Waals surface area contributed by atoms with Crippen LogP contribution < -0.4 is 15.4 Å². The van der Waals surface area contributed by atoms with Gasteiger partial charge in [-0.25, -0.2) is 4.98 Å². The van der Waals surface area contributed by atoms with E-state index in [2.05, 4.69) is 15.6 Å². The van der Waals surface area contributed by atoms with Crippen LogP contribution in [-0.4, -0.2) is 24.0 Å². The van der Waals surface area contributed by atoms with Gasteiger partial charge in [-0.05, 0) is 45.0 Å². The molecule has 0 saturated carbocycles. The zero-order chi connectivity index (χ0) is 15.4. The number of nitrogens with one attached hydrogen (secondary N) is 2. The Kier molecular flexibility index (Phi) is 4.80. The number of amides is 1. The third kappa shape index (κ3) is 3.95. The Morgan fingerprint density at radius 2 is 1.95 bits per heavy atom. The number of hydrogen-bond donors (Lipinski definition) is 2. The van der Waals surface area contributed by atoms with Crippen LogP contribution in [0.3, 0.4) is 0 Å². The van der Waals surface area contributed by atoms with Gasteiger partial charge in [0, 0.05) is 10.6 Å². The van der Waals surface area contributed by atoms with Crippen LogP contribution in [-0.2, 0) is 4.79 Å². The van der Waals surface area contributed by atoms with Crippen molar-refractivity contribution in [1.29, 1.82) is 0 Å². The first kappa shape index (κ1) is 15.3. The number of methoxy groups -OCH3 is 1. The summed E-state index contributed by atoms with van der Waals surface area (Å²) >= 11 is 1.48. The third-order valence-corrected chi connectivity index (χ3v) is 4.11. The quantitative estimate of drug-likeness (QED) is 0.890. The van der Waals surface area contributed by atoms with Crippen LogP contribution in [0.25, 0.3) is 0 Å². The van der Waals surface area contributed by atoms with E-state index in [1.54, 1.807) is 7.11 Å². The van der Waals surface area contributed by atoms with Gasteiger partial charge < -0.3 is 15.4 Å². The van der Waals surface area contributed by atoms with Gasteiger partial charge in [0.2, 0.25) is 5.91 Å². The number of carbonyl (C=O) groups is 1. The first-order valence-electron chi connectivity index (χ1n) is 6.65. The number of thiazole rings is 1. The van der Waals surface area contributed by atoms with Gasteiger partial charge in [-0.15, -0.1) is 11.3 Å². The van der Waals surface area contributed by atoms with Crippen LogP contribution in [0, 0.1) is 13.8 Å². The second kappa shape index (κ2) is 6.58. The summed E-state index contributed by atoms with van der Waals surface area (Å²) < 4.78 is 5.10. The van der Waals surface area contributed by atoms with E-state index in [1.807, 2.05) is 45.0 Å². The molecule has 0 radical (unpaired) electrons. The largest absolute Gasteiger partial charge is 0.497 e. The van der Waals surface area contributed by atoms with Crippen molar-refractivity contribution in [2.75, 3.05) is 17.7 Å². The molecule has 0 saturated heterocycles. The molecule has 1 aromatic carbocycles. The van der Waals surface area contributed by atoms with Crippen LogP contribution >= 0.6 is 11.3 Å². The van der Waals surface area contributed by atoms with E-state index in [0.29, 0.717) is 5.13 Å². The molecular weight excluding hydrogens is 286 g/mol. The molecule has 1 amide bonds. The summed E-state index contributed by atoms with van der Waals surface area (Å²) in [6, 6.07) is 7.09. The minimum atomic E-state index is -0.358. The summed E-state index contributed by atoms with van der Waals surface area (Å²) in [4.78, 5) is 17.5. The number of benzene rings is 1. The molecule has 1 heterocycles. The van der Waals surface area contributed by atoms with E-state index in [0.717, 1.165) is 22.0 Å². The Hall–Kier alpha value is -2.08. The van der Waals surface area contributed by atoms with E-state index < -0.39 is 0 Å². The van der Waals surface area contributed by atoms with Gasteiger partial charge in [-0.2, -0.15) is 0 Å². The number of ether oxygens (including phenoxy) is 1. The highest BCUT2D eigenvalue weighted by molar-refractivity contribution is 7.15. The van der Waals surface area contributed by atoms with Crippen LogP contribution in [0.15, 0.2) is 24.3 Å². The number of nitrogens with zero attached hydrogens (tertiary/aromatic N) is 1. The van der Waals surface area contributed by atoms with Gasteiger partial charge in [0.05, 0.1) is 12.8 Å². The van der Waals surface area contributed by atoms with Gasteiger partial charge in [0.25, 0.3) is 0 Å². The lowest BCUT2D eigenvalue weighted by atomic mass is 10.2. The van der Waals surface area contributed by atoms with Crippen molar-refractivity contribution in [2.24, 2.45) is 0 Å². The lowest BCUT2D eigenvalue weighted by molar-refractivity contribution is -0.116. The molecule has 0 spiro atoms. The Bertz CT molecular complexity index is 603. The predicted octanol–water partition coefficient (Wildman–Crippen LogP) is 3.21. The minimum absolute atomic E-state index is 0.112. The Balaban J connectivity index is 1.95. The van der Waals surface area contributed by atoms with Crippen molar-refractivity contribution in [2.45, 2.75) is 26.8 Å². The molecule has 2 aromatic rings. The summed E-state index contributed by atoms with van der Waals surface area (Å²) in [5, 5.41) is 6.61. The monoisotopic (exact) mass is 305 g/mol. The highest BCUT2D eigenvalue weighted by Gasteiger charge is 2.15. The van der Waals surface area contributed by atoms with Crippen molar-refractivity contribution >= 4 is 28.1 Å². The molecule has 1 unspecified atom stereocenters. The molecule has 21 heavy (non-hydrogen) atoms. The number of anilines is 2. The smallest absolute Gasteiger partial charge is 0.248 e. The van der Waals surface area contributed by atoms with Gasteiger partial charge in [0.15, 0.2) is 5.13 Å². The van der Waals surface area contributed by atoms with Gasteiger partial charge in [-0.1, -0.05) is 0 Å². The van der Waals surface area contributed by atoms with Crippen LogP contribution in [0.1, 0.15) is 17.5 Å². The normalized spacial score (nSPS) is 11.8. The summed E-state index contributed by atoms with van der Waals surface area (Å²) in [5.41, 5.74) is 1.82. The molecule has 0 bridgehead atoms. The number of aryl methyl sites for hydroxylation is 2. The molecule has 0 aliphatic heterocycles. The number of carbonyl (C=O) groups excluding carboxylic acids is 1. The number of hydrogen-bond acceptors (Lipinski definition) is 5. The summed E-state index contributed by atoms with van der Waals surface area (Å²) in [7, 11) is 1.62. The molecule has 2 rings (SSSR count). The van der Waals surface area contributed by atoms with Crippen molar-refractivity contribution in [3.8, 4) is 5.75 Å². The molecule has 112 valence electrons. The maximum atomic E-state index is 12.1. The van der Waals surface area contributed by atoms with E-state index in [4.69, 9.17) is 4.74 Å². The molecule has 1 atom stereocenters. The lowest BCUT2D eigenvalue weighted by Gasteiger charge is -2.14. The first-order valence-corrected chi connectivity index (χ1v) is 7.46. The fourth-order valence-electron chi connectivity index (χ4n) is 1.74. The zero-order valence-electron chi connectivity index (χ0n) is 12.6. The molecule has 0 aliphatic rings. The topological polar surface area (TPSA) is 63.2 Å². The zero-order valence-corrected chi connectivity index (χ0v) is 13.4. The van der Waals surface area contributed by atoms with Crippen molar-refractivity contribution in [3.63, 3.8) is 0 Å². The van der Waals surface area contributed by atoms with Crippen LogP contribution in [0.5, 0.6) is 5.75 Å². The number of aromatic nitrogens is 1. The predicted molar refractivity (Wildman–Crippen MR) is 86.3 cm³/mol. The van der Waals surface area contributed by atoms with Gasteiger partial charge in [-0.3, -0.25) is 4.79 Å². The molecule has 1 aromatic heterocycles. The molecule has 2 N–H and O–H groups in total. The molecule has 6 heteroatoms. The second-order valence-electron chi connectivity index (χ2n) is 4.74. The maximum Gasteiger partial charge on any atom is 0.248 e. The minimum Gasteiger partial charge on any atom is -0.497 e. The Morgan fingerprint density at radius 3 is 2.48 bits per heavy atom. The highest BCUT2D eigenvalue weighted by atomic mass is 32.1. The third-order valence-electron chi connectivity index (χ3n) is 3.13. The van der Waals surface area contributed by atoms with Crippen LogP contribution in [0.4, 0.5) is 10.8 Å². The SMILES string of the molecule is COc1ccc(NC(C)C(=O)Nc2nc(C)c(C)s2)cc1. The first-order chi connectivity index (χ1) is 9.99. The number of rotatable bonds is 5. The molecule has 5 nitrogen and oxygen atoms in total. The average Bonchev–Trinajstić information content (AvgIpc) is 2.78. The fraction of sp³-hybridized carbons (Fsp3) is 0.333. The standard InChI is InChI=1S/C15H19N3O2S/c1-9-11(3)21-15(17-9)18-14(19)10(2)16-12-5-7-13(20-4)8-6-12/h5-8,10,16H,1-4H3,(H,17,18,19). The summed E-state index contributed by atoms with van der Waals surface area (Å²) in [5.74, 6) is 0.672. The molecular formula is C15H19N3O2S. The van der Waals surface area contributed by atoms with E-state index in [9.17, 15) is 4.79 Å². The second-order valence-corrected chi connectivity index (χ2v) is 5.95. The van der Waals surface area contributed by atoms with E-state index >= 15 is 0 Å². The van der Waals surface area contributed by atoms with Crippen molar-refractivity contribution in [3.05, 3.63) is 34.8 Å². The van der Waals surface area contributed by atoms with Gasteiger partial charge in [0.1, 0.15) is 11.8 Å². The van der Waals surface area contributed by atoms with E-state index in [-0.39, 0.29) is 11.9 Å². The molecule has 0 aliphatic carbocycles. The molecule has 0 fully saturated rings. The van der Waals surface area contributed by atoms with E-state index in [1.165, 1.54) is 11.3 Å². The summed E-state index contributed by atoms with van der Waals surface area (Å²) in [6.45, 7) is 5.73. The maximum absolute atomic E-state index is 12.1. The van der Waals surface area contributed by atoms with Crippen LogP contribution in [0.2, 0.25) is 0 Å². The lowest BCUT2D eigenvalue weighted by Crippen LogP contribution is -2.31. The summed E-state index contributed by atoms with van der Waals surface area (Å²) in [6.07, 6.45) is 0.